The van der Waals surface area contributed by atoms with E-state index in [0.29, 0.717) is 6.54 Å². The molecule has 0 aliphatic rings. The van der Waals surface area contributed by atoms with Gasteiger partial charge in [0.1, 0.15) is 0 Å². The van der Waals surface area contributed by atoms with Crippen LogP contribution < -0.4 is 10.2 Å². The average Bonchev–Trinajstić information content (AvgIpc) is 2.44. The Bertz CT molecular complexity index is 512. The second kappa shape index (κ2) is 7.23. The van der Waals surface area contributed by atoms with E-state index < -0.39 is 5.97 Å². The summed E-state index contributed by atoms with van der Waals surface area (Å²) in [6.45, 7) is 4.31. The first-order valence-corrected chi connectivity index (χ1v) is 6.25. The van der Waals surface area contributed by atoms with Crippen LogP contribution in [0.1, 0.15) is 15.9 Å². The highest BCUT2D eigenvalue weighted by atomic mass is 16.4. The molecular weight excluding hydrogens is 254 g/mol. The molecule has 0 radical (unpaired) electrons. The van der Waals surface area contributed by atoms with Crippen LogP contribution in [0.5, 0.6) is 0 Å². The minimum atomic E-state index is -0.924. The molecule has 20 heavy (non-hydrogen) atoms. The number of nitrogens with one attached hydrogen (secondary N) is 1. The predicted octanol–water partition coefficient (Wildman–Crippen LogP) is 2.09. The molecule has 0 fully saturated rings. The van der Waals surface area contributed by atoms with Crippen molar-refractivity contribution in [1.29, 1.82) is 0 Å². The van der Waals surface area contributed by atoms with Crippen LogP contribution in [-0.2, 0) is 6.54 Å². The summed E-state index contributed by atoms with van der Waals surface area (Å²) < 4.78 is 0. The normalized spacial score (nSPS) is 10.3. The molecule has 1 rings (SSSR count). The summed E-state index contributed by atoms with van der Waals surface area (Å²) in [7, 11) is 5.64. The number of nitrogens with zero attached hydrogens (tertiary/aromatic N) is 2. The number of carbonyl (C=O) groups is 1. The van der Waals surface area contributed by atoms with E-state index >= 15 is 0 Å². The summed E-state index contributed by atoms with van der Waals surface area (Å²) in [4.78, 5) is 14.9. The fraction of sp³-hybridized carbons (Fsp3) is 0.267. The predicted molar refractivity (Wildman–Crippen MR) is 81.7 cm³/mol. The number of carboxylic acid groups (broad SMARTS) is 1. The number of carboxylic acids is 1. The average molecular weight is 275 g/mol. The Balaban J connectivity index is 3.17. The molecule has 0 atom stereocenters. The van der Waals surface area contributed by atoms with E-state index in [2.05, 4.69) is 11.9 Å². The van der Waals surface area contributed by atoms with Crippen molar-refractivity contribution in [1.82, 2.24) is 10.2 Å². The molecule has 0 bridgehead atoms. The van der Waals surface area contributed by atoms with Gasteiger partial charge in [-0.3, -0.25) is 0 Å². The van der Waals surface area contributed by atoms with Gasteiger partial charge in [-0.25, -0.2) is 4.79 Å². The van der Waals surface area contributed by atoms with Gasteiger partial charge in [-0.2, -0.15) is 0 Å². The molecule has 0 aliphatic carbocycles. The van der Waals surface area contributed by atoms with Crippen molar-refractivity contribution in [3.05, 3.63) is 54.5 Å². The van der Waals surface area contributed by atoms with Gasteiger partial charge in [0, 0.05) is 45.8 Å². The van der Waals surface area contributed by atoms with Crippen molar-refractivity contribution < 1.29 is 9.90 Å². The van der Waals surface area contributed by atoms with Gasteiger partial charge in [0.15, 0.2) is 0 Å². The SMILES string of the molecule is C=CN(C)Cc1cc(C(=O)O)ccc1N(C)/C=C\NC. The lowest BCUT2D eigenvalue weighted by Gasteiger charge is -2.22. The minimum absolute atomic E-state index is 0.284. The molecule has 0 spiro atoms. The lowest BCUT2D eigenvalue weighted by molar-refractivity contribution is 0.0696. The Morgan fingerprint density at radius 2 is 2.15 bits per heavy atom. The fourth-order valence-corrected chi connectivity index (χ4v) is 1.79. The highest BCUT2D eigenvalue weighted by molar-refractivity contribution is 5.88. The van der Waals surface area contributed by atoms with Crippen molar-refractivity contribution in [2.45, 2.75) is 6.54 Å². The Morgan fingerprint density at radius 1 is 1.45 bits per heavy atom. The second-order valence-corrected chi connectivity index (χ2v) is 4.46. The molecule has 5 nitrogen and oxygen atoms in total. The first-order chi connectivity index (χ1) is 9.49. The Hall–Kier alpha value is -2.43. The topological polar surface area (TPSA) is 55.8 Å². The maximum Gasteiger partial charge on any atom is 0.335 e. The van der Waals surface area contributed by atoms with Crippen molar-refractivity contribution >= 4 is 11.7 Å². The number of hydrogen-bond donors (Lipinski definition) is 2. The molecule has 1 aromatic carbocycles. The number of benzene rings is 1. The second-order valence-electron chi connectivity index (χ2n) is 4.46. The van der Waals surface area contributed by atoms with E-state index in [1.807, 2.05) is 49.4 Å². The van der Waals surface area contributed by atoms with Crippen molar-refractivity contribution in [2.75, 3.05) is 26.0 Å². The zero-order chi connectivity index (χ0) is 15.1. The minimum Gasteiger partial charge on any atom is -0.478 e. The number of anilines is 1. The van der Waals surface area contributed by atoms with E-state index in [1.54, 1.807) is 18.3 Å². The molecule has 108 valence electrons. The summed E-state index contributed by atoms with van der Waals surface area (Å²) in [6.07, 6.45) is 5.40. The summed E-state index contributed by atoms with van der Waals surface area (Å²) in [5.41, 5.74) is 2.16. The van der Waals surface area contributed by atoms with Gasteiger partial charge in [0.2, 0.25) is 0 Å². The van der Waals surface area contributed by atoms with Gasteiger partial charge >= 0.3 is 5.97 Å². The Morgan fingerprint density at radius 3 is 2.70 bits per heavy atom. The summed E-state index contributed by atoms with van der Waals surface area (Å²) >= 11 is 0. The molecule has 0 unspecified atom stereocenters. The van der Waals surface area contributed by atoms with Crippen LogP contribution in [0.4, 0.5) is 5.69 Å². The molecule has 0 saturated heterocycles. The molecule has 1 aromatic rings. The number of rotatable bonds is 7. The standard InChI is InChI=1S/C15H21N3O2/c1-5-17(3)11-13-10-12(15(19)20)6-7-14(13)18(4)9-8-16-2/h5-10,16H,1,11H2,2-4H3,(H,19,20)/b9-8-. The maximum absolute atomic E-state index is 11.1. The summed E-state index contributed by atoms with van der Waals surface area (Å²) in [5, 5.41) is 12.0. The number of hydrogen-bond acceptors (Lipinski definition) is 4. The van der Waals surface area contributed by atoms with Crippen LogP contribution in [0.3, 0.4) is 0 Å². The van der Waals surface area contributed by atoms with Gasteiger partial charge in [0.25, 0.3) is 0 Å². The molecule has 0 heterocycles. The molecular formula is C15H21N3O2. The Labute approximate surface area is 119 Å². The van der Waals surface area contributed by atoms with Gasteiger partial charge in [-0.05, 0) is 30.0 Å². The third kappa shape index (κ3) is 4.05. The smallest absolute Gasteiger partial charge is 0.335 e. The van der Waals surface area contributed by atoms with Crippen molar-refractivity contribution in [2.24, 2.45) is 0 Å². The third-order valence-corrected chi connectivity index (χ3v) is 2.90. The zero-order valence-corrected chi connectivity index (χ0v) is 12.1. The third-order valence-electron chi connectivity index (χ3n) is 2.90. The van der Waals surface area contributed by atoms with E-state index in [0.717, 1.165) is 11.3 Å². The van der Waals surface area contributed by atoms with Crippen molar-refractivity contribution in [3.63, 3.8) is 0 Å². The van der Waals surface area contributed by atoms with E-state index in [1.165, 1.54) is 0 Å². The van der Waals surface area contributed by atoms with E-state index in [-0.39, 0.29) is 5.56 Å². The quantitative estimate of drug-likeness (QED) is 0.798. The molecule has 2 N–H and O–H groups in total. The van der Waals surface area contributed by atoms with Crippen LogP contribution in [0.25, 0.3) is 0 Å². The van der Waals surface area contributed by atoms with E-state index in [4.69, 9.17) is 5.11 Å². The highest BCUT2D eigenvalue weighted by Gasteiger charge is 2.11. The van der Waals surface area contributed by atoms with Crippen molar-refractivity contribution in [3.8, 4) is 0 Å². The first kappa shape index (κ1) is 15.6. The highest BCUT2D eigenvalue weighted by Crippen LogP contribution is 2.23. The van der Waals surface area contributed by atoms with Crippen LogP contribution in [0, 0.1) is 0 Å². The van der Waals surface area contributed by atoms with Gasteiger partial charge in [-0.15, -0.1) is 0 Å². The maximum atomic E-state index is 11.1. The van der Waals surface area contributed by atoms with Crippen LogP contribution in [0.2, 0.25) is 0 Å². The lowest BCUT2D eigenvalue weighted by Crippen LogP contribution is -2.17. The molecule has 0 aromatic heterocycles. The summed E-state index contributed by atoms with van der Waals surface area (Å²) in [6, 6.07) is 5.12. The van der Waals surface area contributed by atoms with Gasteiger partial charge in [0.05, 0.1) is 5.56 Å². The molecule has 0 saturated carbocycles. The van der Waals surface area contributed by atoms with Gasteiger partial charge < -0.3 is 20.2 Å². The zero-order valence-electron chi connectivity index (χ0n) is 12.1. The lowest BCUT2D eigenvalue weighted by atomic mass is 10.1. The summed E-state index contributed by atoms with van der Waals surface area (Å²) in [5.74, 6) is -0.924. The van der Waals surface area contributed by atoms with E-state index in [9.17, 15) is 4.79 Å². The van der Waals surface area contributed by atoms with Gasteiger partial charge in [-0.1, -0.05) is 6.58 Å². The molecule has 5 heteroatoms. The van der Waals surface area contributed by atoms with Crippen LogP contribution >= 0.6 is 0 Å². The van der Waals surface area contributed by atoms with Crippen LogP contribution in [0.15, 0.2) is 43.4 Å². The Kier molecular flexibility index (Phi) is 5.65. The molecule has 0 aliphatic heterocycles. The molecule has 0 amide bonds. The fourth-order valence-electron chi connectivity index (χ4n) is 1.79. The first-order valence-electron chi connectivity index (χ1n) is 6.25. The monoisotopic (exact) mass is 275 g/mol. The largest absolute Gasteiger partial charge is 0.478 e. The number of aromatic carboxylic acids is 1. The van der Waals surface area contributed by atoms with Crippen LogP contribution in [-0.4, -0.2) is 37.1 Å².